The van der Waals surface area contributed by atoms with Crippen molar-refractivity contribution in [1.29, 1.82) is 0 Å². The number of carbonyl (C=O) groups is 3. The van der Waals surface area contributed by atoms with Crippen LogP contribution in [0.15, 0.2) is 131 Å². The second kappa shape index (κ2) is 32.0. The van der Waals surface area contributed by atoms with Crippen LogP contribution in [0.4, 0.5) is 39.0 Å². The number of aromatic nitrogens is 20. The van der Waals surface area contributed by atoms with Crippen LogP contribution < -0.4 is 16.0 Å². The van der Waals surface area contributed by atoms with Gasteiger partial charge in [-0.15, -0.1) is 0 Å². The minimum Gasteiger partial charge on any atom is -0.444 e. The Hall–Kier alpha value is -11.9. The van der Waals surface area contributed by atoms with E-state index in [-0.39, 0.29) is 76.1 Å². The van der Waals surface area contributed by atoms with Gasteiger partial charge in [-0.2, -0.15) is 48.2 Å². The second-order valence-corrected chi connectivity index (χ2v) is 25.1. The van der Waals surface area contributed by atoms with Crippen molar-refractivity contribution in [3.05, 3.63) is 152 Å². The molecular weight excluding hydrogens is 1390 g/mol. The van der Waals surface area contributed by atoms with Gasteiger partial charge in [0.25, 0.3) is 17.7 Å². The molecule has 0 aromatic carbocycles. The van der Waals surface area contributed by atoms with E-state index in [2.05, 4.69) is 96.4 Å². The Morgan fingerprint density at radius 3 is 1.46 bits per heavy atom. The number of hydrogen-bond donors (Lipinski definition) is 6. The Bertz CT molecular complexity index is 4890. The molecule has 0 unspecified atom stereocenters. The molecule has 6 N–H and O–H groups in total. The van der Waals surface area contributed by atoms with Crippen molar-refractivity contribution < 1.29 is 63.8 Å². The Labute approximate surface area is 597 Å². The van der Waals surface area contributed by atoms with E-state index in [0.29, 0.717) is 95.4 Å². The van der Waals surface area contributed by atoms with E-state index < -0.39 is 47.1 Å². The first-order valence-corrected chi connectivity index (χ1v) is 34.2. The van der Waals surface area contributed by atoms with Crippen LogP contribution in [0.1, 0.15) is 133 Å². The number of ether oxygens (including phenoxy) is 3. The predicted octanol–water partition coefficient (Wildman–Crippen LogP) is 10.9. The number of carbonyl (C=O) groups excluding carboxylic acids is 3. The normalized spacial score (nSPS) is 18.9. The highest BCUT2D eigenvalue weighted by Crippen LogP contribution is 2.41. The molecule has 13 heterocycles. The van der Waals surface area contributed by atoms with E-state index in [1.807, 2.05) is 29.4 Å². The van der Waals surface area contributed by atoms with Crippen LogP contribution in [0, 0.1) is 11.8 Å². The molecule has 16 rings (SSSR count). The number of nitrogens with one attached hydrogen (secondary N) is 6. The van der Waals surface area contributed by atoms with E-state index in [9.17, 15) is 36.3 Å². The Balaban J connectivity index is 0.000000134. The number of hydrogen-bond acceptors (Lipinski definition) is 24. The van der Waals surface area contributed by atoms with Gasteiger partial charge in [-0.25, -0.2) is 24.3 Å². The number of nitrogens with zero attached hydrogens (tertiary/aromatic N) is 18. The largest absolute Gasteiger partial charge is 0.444 e. The fraction of sp³-hybridized carbons (Fsp3) is 0.368. The molecule has 3 aliphatic carbocycles. The van der Waals surface area contributed by atoms with Crippen LogP contribution in [0.25, 0.3) is 68.5 Å². The zero-order chi connectivity index (χ0) is 73.3. The number of H-pyrrole nitrogens is 3. The van der Waals surface area contributed by atoms with Crippen molar-refractivity contribution in [3.63, 3.8) is 0 Å². The highest BCUT2D eigenvalue weighted by atomic mass is 19.4. The summed E-state index contributed by atoms with van der Waals surface area (Å²) < 4.78 is 107. The number of morpholine rings is 1. The molecule has 1 aliphatic heterocycles. The molecule has 106 heavy (non-hydrogen) atoms. The smallest absolute Gasteiger partial charge is 0.433 e. The summed E-state index contributed by atoms with van der Waals surface area (Å²) in [4.78, 5) is 74.3. The van der Waals surface area contributed by atoms with E-state index in [4.69, 9.17) is 37.7 Å². The van der Waals surface area contributed by atoms with Gasteiger partial charge in [0, 0.05) is 88.1 Å². The van der Waals surface area contributed by atoms with Crippen LogP contribution in [-0.4, -0.2) is 180 Å². The summed E-state index contributed by atoms with van der Waals surface area (Å²) in [5, 5.41) is 41.0. The van der Waals surface area contributed by atoms with Gasteiger partial charge in [-0.1, -0.05) is 0 Å². The summed E-state index contributed by atoms with van der Waals surface area (Å²) >= 11 is 0. The number of amides is 3. The molecule has 12 aromatic heterocycles. The maximum atomic E-state index is 14.8. The highest BCUT2D eigenvalue weighted by Gasteiger charge is 2.38. The van der Waals surface area contributed by atoms with Gasteiger partial charge in [0.05, 0.1) is 103 Å². The maximum absolute atomic E-state index is 14.8. The second-order valence-electron chi connectivity index (χ2n) is 25.1. The quantitative estimate of drug-likeness (QED) is 0.0386. The fourth-order valence-corrected chi connectivity index (χ4v) is 12.8. The number of rotatable bonds is 20. The van der Waals surface area contributed by atoms with Crippen molar-refractivity contribution in [1.82, 2.24) is 105 Å². The van der Waals surface area contributed by atoms with Crippen molar-refractivity contribution in [2.24, 2.45) is 0 Å². The molecule has 0 spiro atoms. The lowest BCUT2D eigenvalue weighted by Gasteiger charge is -2.44. The molecule has 4 fully saturated rings. The first kappa shape index (κ1) is 71.1. The molecule has 0 radical (unpaired) electrons. The minimum atomic E-state index is -4.80. The average Bonchev–Trinajstić information content (AvgIpc) is 1.61. The van der Waals surface area contributed by atoms with Gasteiger partial charge < -0.3 is 43.4 Å². The number of oxazole rings is 3. The first-order valence-electron chi connectivity index (χ1n) is 34.2. The fourth-order valence-electron chi connectivity index (χ4n) is 12.8. The van der Waals surface area contributed by atoms with Crippen LogP contribution >= 0.6 is 0 Å². The summed E-state index contributed by atoms with van der Waals surface area (Å²) in [5.41, 5.74) is 2.30. The van der Waals surface area contributed by atoms with Crippen LogP contribution in [0.5, 0.6) is 0 Å². The number of pyridine rings is 1. The van der Waals surface area contributed by atoms with Crippen LogP contribution in [-0.2, 0) is 20.4 Å². The zero-order valence-electron chi connectivity index (χ0n) is 56.9. The molecule has 3 saturated carbocycles. The van der Waals surface area contributed by atoms with Gasteiger partial charge in [0.15, 0.2) is 22.9 Å². The monoisotopic (exact) mass is 1460 g/mol. The van der Waals surface area contributed by atoms with Gasteiger partial charge in [0.1, 0.15) is 64.2 Å². The molecule has 1 saturated heterocycles. The lowest BCUT2D eigenvalue weighted by molar-refractivity contribution is -0.141. The molecule has 33 nitrogen and oxygen atoms in total. The third kappa shape index (κ3) is 16.4. The topological polar surface area (TPSA) is 400 Å². The Morgan fingerprint density at radius 2 is 1.02 bits per heavy atom. The van der Waals surface area contributed by atoms with Crippen LogP contribution in [0.3, 0.4) is 0 Å². The molecular formula is C68H69F5N24O9. The average molecular weight is 1460 g/mol. The molecule has 4 aliphatic rings. The van der Waals surface area contributed by atoms with Crippen molar-refractivity contribution in [2.75, 3.05) is 55.5 Å². The highest BCUT2D eigenvalue weighted by molar-refractivity contribution is 6.06. The number of alkyl halides is 3. The summed E-state index contributed by atoms with van der Waals surface area (Å²) in [5.74, 6) is -2.96. The SMILES string of the molecule is CCOC1CCC(n2cc(NC(=O)c3coc(-c4cn[nH]c4)n3)c(-c3nc(C(F)(F)F)ccc3F)n2)CC1.CCOC1CCC(n2cc(NC(=O)c3coc(-c4cn[nH]c4F)n3)c(-c3cnccn3)n2)CC1.O=C(Nc1cn(C2CC(N3CCOCC3)C2)nc1-c1cnccn1)c1coc(-c2cn[nH]c2)n1. The Kier molecular flexibility index (Phi) is 21.5. The number of aromatic amines is 3. The summed E-state index contributed by atoms with van der Waals surface area (Å²) in [6, 6.07) is 2.08. The summed E-state index contributed by atoms with van der Waals surface area (Å²) in [7, 11) is 0. The van der Waals surface area contributed by atoms with Crippen molar-refractivity contribution >= 4 is 34.8 Å². The first-order chi connectivity index (χ1) is 51.6. The van der Waals surface area contributed by atoms with Gasteiger partial charge >= 0.3 is 6.18 Å². The summed E-state index contributed by atoms with van der Waals surface area (Å²) in [6.07, 6.45) is 30.0. The zero-order valence-corrected chi connectivity index (χ0v) is 56.9. The summed E-state index contributed by atoms with van der Waals surface area (Å²) in [6.45, 7) is 8.77. The van der Waals surface area contributed by atoms with Crippen molar-refractivity contribution in [3.8, 4) is 68.5 Å². The van der Waals surface area contributed by atoms with Crippen molar-refractivity contribution in [2.45, 2.75) is 121 Å². The molecule has 12 aromatic rings. The van der Waals surface area contributed by atoms with Gasteiger partial charge in [0.2, 0.25) is 23.6 Å². The standard InChI is InChI=1S/C24H23F4N7O3.C22H23FN8O3.C22H23N9O3/c1-2-37-15-5-3-14(4-6-15)35-11-17(21(34-35)20-16(25)7-8-19(33-20)24(26,27)28)31-22(36)18-12-38-23(32-18)13-9-29-30-10-13;1-2-33-14-5-3-13(4-6-14)31-11-17(19(30-31)16-10-24-7-8-25-16)27-21(32)18-12-34-22(28-18)15-9-26-29-20(15)23;32-21(19-13-34-22(28-19)14-9-25-26-10-14)27-18-12-31(29-20(18)17-11-23-1-2-24-17)16-7-15(8-16)30-3-5-33-6-4-30/h7-12,14-15H,2-6H2,1H3,(H,29,30)(H,31,36);7-14H,2-6H2,1H3,(H,26,29)(H,27,32);1-2,9-13,15-16H,3-8H2,(H,25,26)(H,27,32). The number of anilines is 3. The molecule has 0 bridgehead atoms. The van der Waals surface area contributed by atoms with Crippen LogP contribution in [0.2, 0.25) is 0 Å². The van der Waals surface area contributed by atoms with E-state index in [0.717, 1.165) is 83.9 Å². The lowest BCUT2D eigenvalue weighted by atomic mass is 9.85. The molecule has 550 valence electrons. The maximum Gasteiger partial charge on any atom is 0.433 e. The third-order valence-corrected chi connectivity index (χ3v) is 18.3. The molecule has 38 heteroatoms. The minimum absolute atomic E-state index is 0.00864. The Morgan fingerprint density at radius 1 is 0.547 bits per heavy atom. The van der Waals surface area contributed by atoms with E-state index >= 15 is 0 Å². The van der Waals surface area contributed by atoms with E-state index in [1.54, 1.807) is 55.8 Å². The third-order valence-electron chi connectivity index (χ3n) is 18.3. The van der Waals surface area contributed by atoms with E-state index in [1.165, 1.54) is 42.0 Å². The van der Waals surface area contributed by atoms with Gasteiger partial charge in [-0.05, 0) is 90.2 Å². The molecule has 3 amide bonds. The lowest BCUT2D eigenvalue weighted by Crippen LogP contribution is -2.50. The predicted molar refractivity (Wildman–Crippen MR) is 363 cm³/mol. The van der Waals surface area contributed by atoms with Gasteiger partial charge in [-0.3, -0.25) is 68.6 Å². The molecule has 0 atom stereocenters. The number of halogens is 5.